The molecule has 1 atom stereocenters. The van der Waals surface area contributed by atoms with Crippen molar-refractivity contribution in [2.45, 2.75) is 19.9 Å². The van der Waals surface area contributed by atoms with Crippen LogP contribution in [0.5, 0.6) is 0 Å². The van der Waals surface area contributed by atoms with Crippen molar-refractivity contribution in [3.05, 3.63) is 39.9 Å². The van der Waals surface area contributed by atoms with E-state index in [1.165, 1.54) is 4.68 Å². The fourth-order valence-corrected chi connectivity index (χ4v) is 2.02. The molecule has 0 aliphatic rings. The fourth-order valence-electron chi connectivity index (χ4n) is 1.60. The van der Waals surface area contributed by atoms with E-state index in [0.717, 1.165) is 12.1 Å². The van der Waals surface area contributed by atoms with Crippen LogP contribution < -0.4 is 5.73 Å². The maximum absolute atomic E-state index is 14.0. The van der Waals surface area contributed by atoms with Crippen molar-refractivity contribution in [2.75, 3.05) is 0 Å². The van der Waals surface area contributed by atoms with Gasteiger partial charge in [-0.3, -0.25) is 0 Å². The average molecular weight is 317 g/mol. The van der Waals surface area contributed by atoms with Crippen LogP contribution in [0.3, 0.4) is 0 Å². The smallest absolute Gasteiger partial charge is 0.163 e. The lowest BCUT2D eigenvalue weighted by Gasteiger charge is -2.10. The van der Waals surface area contributed by atoms with Gasteiger partial charge in [0.2, 0.25) is 0 Å². The summed E-state index contributed by atoms with van der Waals surface area (Å²) in [5.41, 5.74) is 5.72. The molecular weight excluding hydrogens is 306 g/mol. The molecule has 0 bridgehead atoms. The van der Waals surface area contributed by atoms with Crippen molar-refractivity contribution in [3.8, 4) is 5.69 Å². The minimum absolute atomic E-state index is 0.0187. The lowest BCUT2D eigenvalue weighted by Crippen LogP contribution is -2.14. The van der Waals surface area contributed by atoms with E-state index in [1.807, 2.05) is 0 Å². The molecule has 7 heteroatoms. The van der Waals surface area contributed by atoms with Gasteiger partial charge in [-0.1, -0.05) is 0 Å². The summed E-state index contributed by atoms with van der Waals surface area (Å²) in [6, 6.07) is 1.67. The highest BCUT2D eigenvalue weighted by Crippen LogP contribution is 2.25. The molecule has 0 spiro atoms. The first-order valence-electron chi connectivity index (χ1n) is 5.24. The third-order valence-corrected chi connectivity index (χ3v) is 2.92. The van der Waals surface area contributed by atoms with Crippen molar-refractivity contribution < 1.29 is 8.78 Å². The Morgan fingerprint density at radius 1 is 1.39 bits per heavy atom. The molecule has 2 rings (SSSR count). The Labute approximate surface area is 111 Å². The first-order valence-corrected chi connectivity index (χ1v) is 6.03. The van der Waals surface area contributed by atoms with Gasteiger partial charge in [0.15, 0.2) is 5.82 Å². The molecule has 1 heterocycles. The van der Waals surface area contributed by atoms with Gasteiger partial charge < -0.3 is 5.73 Å². The number of rotatable bonds is 2. The summed E-state index contributed by atoms with van der Waals surface area (Å²) in [7, 11) is 0. The predicted molar refractivity (Wildman–Crippen MR) is 66.3 cm³/mol. The summed E-state index contributed by atoms with van der Waals surface area (Å²) >= 11 is 2.95. The Morgan fingerprint density at radius 3 is 2.67 bits per heavy atom. The zero-order chi connectivity index (χ0) is 13.4. The number of halogens is 3. The van der Waals surface area contributed by atoms with Crippen LogP contribution in [-0.4, -0.2) is 14.8 Å². The number of aryl methyl sites for hydroxylation is 1. The Hall–Kier alpha value is -1.34. The van der Waals surface area contributed by atoms with Gasteiger partial charge in [-0.2, -0.15) is 5.10 Å². The number of hydrogen-bond donors (Lipinski definition) is 1. The van der Waals surface area contributed by atoms with Crippen LogP contribution >= 0.6 is 15.9 Å². The van der Waals surface area contributed by atoms with Gasteiger partial charge in [-0.05, 0) is 35.8 Å². The Morgan fingerprint density at radius 2 is 2.06 bits per heavy atom. The standard InChI is InChI=1S/C11H11BrF2N4/c1-5(15)11-16-6(2)17-18(11)9-4-7(13)3-8(12)10(9)14/h3-5H,15H2,1-2H3. The predicted octanol–water partition coefficient (Wildman–Crippen LogP) is 2.64. The van der Waals surface area contributed by atoms with Crippen LogP contribution in [0.2, 0.25) is 0 Å². The quantitative estimate of drug-likeness (QED) is 0.866. The molecule has 2 aromatic rings. The van der Waals surface area contributed by atoms with Gasteiger partial charge in [-0.25, -0.2) is 18.4 Å². The number of benzene rings is 1. The molecule has 2 N–H and O–H groups in total. The van der Waals surface area contributed by atoms with Crippen LogP contribution in [-0.2, 0) is 0 Å². The fraction of sp³-hybridized carbons (Fsp3) is 0.273. The molecule has 4 nitrogen and oxygen atoms in total. The van der Waals surface area contributed by atoms with Gasteiger partial charge >= 0.3 is 0 Å². The first-order chi connectivity index (χ1) is 8.40. The normalized spacial score (nSPS) is 12.8. The highest BCUT2D eigenvalue weighted by atomic mass is 79.9. The number of hydrogen-bond acceptors (Lipinski definition) is 3. The average Bonchev–Trinajstić information content (AvgIpc) is 2.65. The molecule has 0 saturated carbocycles. The molecule has 18 heavy (non-hydrogen) atoms. The lowest BCUT2D eigenvalue weighted by atomic mass is 10.2. The van der Waals surface area contributed by atoms with Crippen LogP contribution in [0, 0.1) is 18.6 Å². The third-order valence-electron chi connectivity index (χ3n) is 2.35. The molecule has 0 saturated heterocycles. The molecule has 0 fully saturated rings. The molecule has 96 valence electrons. The van der Waals surface area contributed by atoms with Gasteiger partial charge in [0.1, 0.15) is 23.2 Å². The molecule has 0 aliphatic carbocycles. The topological polar surface area (TPSA) is 56.7 Å². The van der Waals surface area contributed by atoms with E-state index in [2.05, 4.69) is 26.0 Å². The summed E-state index contributed by atoms with van der Waals surface area (Å²) in [4.78, 5) is 4.11. The second kappa shape index (κ2) is 4.74. The zero-order valence-corrected chi connectivity index (χ0v) is 11.4. The number of nitrogens with zero attached hydrogens (tertiary/aromatic N) is 3. The van der Waals surface area contributed by atoms with Gasteiger partial charge in [0.05, 0.1) is 10.5 Å². The largest absolute Gasteiger partial charge is 0.322 e. The highest BCUT2D eigenvalue weighted by Gasteiger charge is 2.18. The molecule has 1 aromatic heterocycles. The zero-order valence-electron chi connectivity index (χ0n) is 9.78. The monoisotopic (exact) mass is 316 g/mol. The Bertz CT molecular complexity index is 595. The summed E-state index contributed by atoms with van der Waals surface area (Å²) in [6.45, 7) is 3.36. The summed E-state index contributed by atoms with van der Waals surface area (Å²) in [6.07, 6.45) is 0. The van der Waals surface area contributed by atoms with E-state index in [0.29, 0.717) is 11.6 Å². The highest BCUT2D eigenvalue weighted by molar-refractivity contribution is 9.10. The molecule has 1 unspecified atom stereocenters. The second-order valence-electron chi connectivity index (χ2n) is 3.94. The van der Waals surface area contributed by atoms with E-state index in [4.69, 9.17) is 5.73 Å². The van der Waals surface area contributed by atoms with Crippen LogP contribution in [0.4, 0.5) is 8.78 Å². The SMILES string of the molecule is Cc1nc(C(C)N)n(-c2cc(F)cc(Br)c2F)n1. The van der Waals surface area contributed by atoms with E-state index < -0.39 is 17.7 Å². The van der Waals surface area contributed by atoms with E-state index in [1.54, 1.807) is 13.8 Å². The maximum atomic E-state index is 14.0. The van der Waals surface area contributed by atoms with E-state index in [-0.39, 0.29) is 10.2 Å². The minimum Gasteiger partial charge on any atom is -0.322 e. The van der Waals surface area contributed by atoms with Crippen molar-refractivity contribution in [3.63, 3.8) is 0 Å². The number of aromatic nitrogens is 3. The first kappa shape index (κ1) is 13.1. The van der Waals surface area contributed by atoms with Crippen molar-refractivity contribution in [1.82, 2.24) is 14.8 Å². The van der Waals surface area contributed by atoms with Gasteiger partial charge in [0.25, 0.3) is 0 Å². The summed E-state index contributed by atoms with van der Waals surface area (Å²) in [5.74, 6) is -0.351. The van der Waals surface area contributed by atoms with E-state index >= 15 is 0 Å². The molecule has 0 amide bonds. The van der Waals surface area contributed by atoms with Crippen molar-refractivity contribution in [2.24, 2.45) is 5.73 Å². The Kier molecular flexibility index (Phi) is 3.45. The summed E-state index contributed by atoms with van der Waals surface area (Å²) in [5, 5.41) is 4.04. The van der Waals surface area contributed by atoms with Crippen LogP contribution in [0.25, 0.3) is 5.69 Å². The van der Waals surface area contributed by atoms with Crippen molar-refractivity contribution >= 4 is 15.9 Å². The van der Waals surface area contributed by atoms with Crippen molar-refractivity contribution in [1.29, 1.82) is 0 Å². The van der Waals surface area contributed by atoms with Gasteiger partial charge in [0, 0.05) is 6.07 Å². The molecule has 0 aliphatic heterocycles. The molecule has 0 radical (unpaired) electrons. The van der Waals surface area contributed by atoms with E-state index in [9.17, 15) is 8.78 Å². The molecule has 1 aromatic carbocycles. The summed E-state index contributed by atoms with van der Waals surface area (Å²) < 4.78 is 28.6. The second-order valence-corrected chi connectivity index (χ2v) is 4.79. The Balaban J connectivity index is 2.69. The number of nitrogens with two attached hydrogens (primary N) is 1. The molecular formula is C11H11BrF2N4. The third kappa shape index (κ3) is 2.28. The van der Waals surface area contributed by atoms with Crippen LogP contribution in [0.1, 0.15) is 24.6 Å². The maximum Gasteiger partial charge on any atom is 0.163 e. The van der Waals surface area contributed by atoms with Crippen LogP contribution in [0.15, 0.2) is 16.6 Å². The lowest BCUT2D eigenvalue weighted by molar-refractivity contribution is 0.572. The van der Waals surface area contributed by atoms with Gasteiger partial charge in [-0.15, -0.1) is 0 Å². The minimum atomic E-state index is -0.608.